The maximum absolute atomic E-state index is 9.80. The van der Waals surface area contributed by atoms with Crippen molar-refractivity contribution < 1.29 is 29.7 Å². The van der Waals surface area contributed by atoms with Crippen molar-refractivity contribution in [3.8, 4) is 0 Å². The zero-order chi connectivity index (χ0) is 25.3. The predicted octanol–water partition coefficient (Wildman–Crippen LogP) is 8.33. The van der Waals surface area contributed by atoms with Crippen LogP contribution in [0.25, 0.3) is 21.5 Å². The van der Waals surface area contributed by atoms with Gasteiger partial charge in [-0.05, 0) is 25.5 Å². The Balaban J connectivity index is 0.000000181. The minimum Gasteiger partial charge on any atom is -0.160 e. The minimum atomic E-state index is -2.77. The summed E-state index contributed by atoms with van der Waals surface area (Å²) in [6.07, 6.45) is 0. The van der Waals surface area contributed by atoms with Crippen LogP contribution < -0.4 is 15.9 Å². The smallest absolute Gasteiger partial charge is 0.0166 e. The van der Waals surface area contributed by atoms with Gasteiger partial charge in [0.05, 0.1) is 0 Å². The number of rotatable bonds is 3. The summed E-state index contributed by atoms with van der Waals surface area (Å²) in [6.45, 7) is 4.31. The molecular formula is C32H27F2PZr. The molecule has 0 bridgehead atoms. The van der Waals surface area contributed by atoms with Crippen LogP contribution in [-0.4, -0.2) is 0 Å². The number of hydrogen-bond acceptors (Lipinski definition) is 0. The van der Waals surface area contributed by atoms with E-state index in [4.69, 9.17) is 0 Å². The monoisotopic (exact) mass is 570 g/mol. The largest absolute Gasteiger partial charge is 0.160 e. The van der Waals surface area contributed by atoms with Gasteiger partial charge in [0.2, 0.25) is 0 Å². The van der Waals surface area contributed by atoms with Crippen LogP contribution in [0.5, 0.6) is 0 Å². The molecule has 0 nitrogen and oxygen atoms in total. The Labute approximate surface area is 226 Å². The van der Waals surface area contributed by atoms with Gasteiger partial charge in [-0.25, -0.2) is 0 Å². The minimum absolute atomic E-state index is 0.493. The molecule has 0 fully saturated rings. The van der Waals surface area contributed by atoms with Crippen molar-refractivity contribution in [3.63, 3.8) is 0 Å². The van der Waals surface area contributed by atoms with Crippen molar-refractivity contribution in [1.82, 2.24) is 0 Å². The van der Waals surface area contributed by atoms with Crippen LogP contribution in [-0.2, 0) is 24.5 Å². The third-order valence-electron chi connectivity index (χ3n) is 6.14. The molecule has 6 aromatic carbocycles. The predicted molar refractivity (Wildman–Crippen MR) is 149 cm³/mol. The molecule has 0 aliphatic rings. The molecule has 0 N–H and O–H groups in total. The van der Waals surface area contributed by atoms with Gasteiger partial charge in [-0.2, -0.15) is 18.2 Å². The molecule has 6 rings (SSSR count). The Morgan fingerprint density at radius 1 is 0.667 bits per heavy atom. The summed E-state index contributed by atoms with van der Waals surface area (Å²) in [5.41, 5.74) is 2.74. The van der Waals surface area contributed by atoms with Gasteiger partial charge in [0, 0.05) is 0 Å². The van der Waals surface area contributed by atoms with E-state index < -0.39 is 32.4 Å². The number of halogens is 2. The Morgan fingerprint density at radius 3 is 1.81 bits per heavy atom. The molecule has 178 valence electrons. The maximum Gasteiger partial charge on any atom is -0.0166 e. The summed E-state index contributed by atoms with van der Waals surface area (Å²) in [4.78, 5) is 0. The van der Waals surface area contributed by atoms with E-state index >= 15 is 0 Å². The molecule has 0 radical (unpaired) electrons. The first-order valence-corrected chi connectivity index (χ1v) is 15.0. The Hall–Kier alpha value is -2.73. The summed E-state index contributed by atoms with van der Waals surface area (Å²) in [5.74, 6) is 0. The normalized spacial score (nSPS) is 10.4. The summed E-state index contributed by atoms with van der Waals surface area (Å²) in [6, 6.07) is 45.8. The van der Waals surface area contributed by atoms with Gasteiger partial charge in [0.15, 0.2) is 0 Å². The van der Waals surface area contributed by atoms with E-state index in [9.17, 15) is 5.25 Å². The van der Waals surface area contributed by atoms with E-state index in [1.165, 1.54) is 48.6 Å². The molecule has 4 heteroatoms. The van der Waals surface area contributed by atoms with Crippen molar-refractivity contribution in [2.75, 3.05) is 0 Å². The fraction of sp³-hybridized carbons (Fsp3) is 0.0625. The number of benzene rings is 4. The maximum atomic E-state index is 9.80. The Kier molecular flexibility index (Phi) is 9.51. The average molecular weight is 572 g/mol. The van der Waals surface area contributed by atoms with E-state index in [2.05, 4.69) is 141 Å². The van der Waals surface area contributed by atoms with Crippen LogP contribution in [0, 0.1) is 13.8 Å². The summed E-state index contributed by atoms with van der Waals surface area (Å²) in [7, 11) is -0.493. The van der Waals surface area contributed by atoms with Gasteiger partial charge in [-0.3, -0.25) is 0 Å². The first kappa shape index (κ1) is 26.3. The summed E-state index contributed by atoms with van der Waals surface area (Å²) < 4.78 is 19.6. The molecule has 0 aliphatic carbocycles. The third-order valence-corrected chi connectivity index (χ3v) is 8.54. The van der Waals surface area contributed by atoms with Crippen LogP contribution in [0.4, 0.5) is 5.25 Å². The fourth-order valence-electron chi connectivity index (χ4n) is 4.40. The van der Waals surface area contributed by atoms with E-state index in [1.54, 1.807) is 0 Å². The molecule has 0 saturated heterocycles. The number of aryl methyl sites for hydroxylation is 2. The first-order valence-electron chi connectivity index (χ1n) is 11.8. The number of fused-ring (bicyclic) bond motifs is 2. The second kappa shape index (κ2) is 13.0. The fourth-order valence-corrected chi connectivity index (χ4v) is 6.77. The topological polar surface area (TPSA) is 0 Å². The van der Waals surface area contributed by atoms with Crippen LogP contribution in [0.2, 0.25) is 0 Å². The molecule has 0 heterocycles. The first-order chi connectivity index (χ1) is 17.6. The number of hydrogen-bond donors (Lipinski definition) is 0. The van der Waals surface area contributed by atoms with Crippen molar-refractivity contribution in [1.29, 1.82) is 0 Å². The van der Waals surface area contributed by atoms with E-state index in [0.717, 1.165) is 0 Å². The zero-order valence-corrected chi connectivity index (χ0v) is 23.7. The molecule has 0 amide bonds. The molecule has 0 atom stereocenters. The van der Waals surface area contributed by atoms with Gasteiger partial charge in [-0.15, -0.1) is 68.8 Å². The van der Waals surface area contributed by atoms with Crippen LogP contribution in [0.15, 0.2) is 127 Å². The SMILES string of the molecule is Cc1ccc(C)c2[cH-]ccc12.[F][Zr+2][F].c1ccc(P(c2ccccc2)c2cc3ccccc3[cH-]2)cc1. The Bertz CT molecular complexity index is 1390. The molecule has 0 saturated carbocycles. The van der Waals surface area contributed by atoms with E-state index in [0.29, 0.717) is 0 Å². The van der Waals surface area contributed by atoms with Crippen molar-refractivity contribution in [2.45, 2.75) is 13.8 Å². The second-order valence-corrected chi connectivity index (χ2v) is 11.0. The zero-order valence-electron chi connectivity index (χ0n) is 20.3. The molecule has 36 heavy (non-hydrogen) atoms. The van der Waals surface area contributed by atoms with Crippen molar-refractivity contribution >= 4 is 45.4 Å². The van der Waals surface area contributed by atoms with Crippen LogP contribution in [0.3, 0.4) is 0 Å². The van der Waals surface area contributed by atoms with Crippen molar-refractivity contribution in [2.24, 2.45) is 0 Å². The van der Waals surface area contributed by atoms with E-state index in [1.807, 2.05) is 0 Å². The molecule has 0 spiro atoms. The van der Waals surface area contributed by atoms with Gasteiger partial charge in [0.1, 0.15) is 0 Å². The van der Waals surface area contributed by atoms with Crippen molar-refractivity contribution in [3.05, 3.63) is 139 Å². The molecule has 6 aromatic rings. The third kappa shape index (κ3) is 6.33. The quantitative estimate of drug-likeness (QED) is 0.148. The molecule has 0 aromatic heterocycles. The van der Waals surface area contributed by atoms with Gasteiger partial charge in [0.25, 0.3) is 0 Å². The Morgan fingerprint density at radius 2 is 1.22 bits per heavy atom. The van der Waals surface area contributed by atoms with Gasteiger partial charge >= 0.3 is 29.7 Å². The standard InChI is InChI=1S/C21H16P.C11H11.2FH.Zr/c1-3-11-19(12-4-1)22(20-13-5-2-6-14-20)21-15-17-9-7-8-10-18(17)16-21;1-8-6-7-9(2)11-5-3-4-10(8)11;;;/h1-16H;3-7H,1-2H3;2*1H;/q2*-1;;;+4/p-2. The summed E-state index contributed by atoms with van der Waals surface area (Å²) >= 11 is -2.77. The molecule has 0 aliphatic heterocycles. The molecular weight excluding hydrogens is 545 g/mol. The molecule has 0 unspecified atom stereocenters. The summed E-state index contributed by atoms with van der Waals surface area (Å²) in [5, 5.41) is 9.68. The second-order valence-electron chi connectivity index (χ2n) is 8.47. The van der Waals surface area contributed by atoms with Gasteiger partial charge < -0.3 is 0 Å². The van der Waals surface area contributed by atoms with E-state index in [-0.39, 0.29) is 0 Å². The average Bonchev–Trinajstić information content (AvgIpc) is 3.57. The van der Waals surface area contributed by atoms with Crippen LogP contribution in [0.1, 0.15) is 11.1 Å². The van der Waals surface area contributed by atoms with Crippen LogP contribution >= 0.6 is 7.92 Å². The van der Waals surface area contributed by atoms with Gasteiger partial charge in [-0.1, -0.05) is 85.3 Å².